The van der Waals surface area contributed by atoms with Gasteiger partial charge in [0.25, 0.3) is 0 Å². The summed E-state index contributed by atoms with van der Waals surface area (Å²) < 4.78 is 18.7. The van der Waals surface area contributed by atoms with Crippen LogP contribution in [-0.2, 0) is 4.74 Å². The second kappa shape index (κ2) is 5.68. The molecular formula is C14H14ClFN2OS. The second-order valence-electron chi connectivity index (χ2n) is 4.65. The summed E-state index contributed by atoms with van der Waals surface area (Å²) >= 11 is 7.55. The van der Waals surface area contributed by atoms with Gasteiger partial charge in [-0.2, -0.15) is 0 Å². The Morgan fingerprint density at radius 2 is 2.10 bits per heavy atom. The van der Waals surface area contributed by atoms with Gasteiger partial charge >= 0.3 is 0 Å². The predicted octanol–water partition coefficient (Wildman–Crippen LogP) is 3.75. The summed E-state index contributed by atoms with van der Waals surface area (Å²) in [6.45, 7) is 4.99. The standard InChI is InChI=1S/C14H14ClFN2OS/c1-9-10(2-3-11(16)13(9)15)12-8-20-14(17-12)18-4-6-19-7-5-18/h2-3,8H,4-7H2,1H3. The van der Waals surface area contributed by atoms with Crippen molar-refractivity contribution in [2.45, 2.75) is 6.92 Å². The Balaban J connectivity index is 1.92. The number of halogens is 2. The molecule has 106 valence electrons. The highest BCUT2D eigenvalue weighted by Crippen LogP contribution is 2.33. The molecule has 0 spiro atoms. The molecule has 2 heterocycles. The number of benzene rings is 1. The fourth-order valence-corrected chi connectivity index (χ4v) is 3.26. The van der Waals surface area contributed by atoms with Crippen LogP contribution in [0.5, 0.6) is 0 Å². The predicted molar refractivity (Wildman–Crippen MR) is 80.3 cm³/mol. The van der Waals surface area contributed by atoms with E-state index in [2.05, 4.69) is 9.88 Å². The van der Waals surface area contributed by atoms with Crippen LogP contribution in [0.4, 0.5) is 9.52 Å². The van der Waals surface area contributed by atoms with Gasteiger partial charge in [-0.1, -0.05) is 11.6 Å². The van der Waals surface area contributed by atoms with Crippen LogP contribution in [0.3, 0.4) is 0 Å². The molecule has 1 aliphatic rings. The molecule has 1 aliphatic heterocycles. The van der Waals surface area contributed by atoms with Crippen molar-refractivity contribution in [3.05, 3.63) is 33.9 Å². The Hall–Kier alpha value is -1.17. The largest absolute Gasteiger partial charge is 0.378 e. The highest BCUT2D eigenvalue weighted by atomic mass is 35.5. The Labute approximate surface area is 126 Å². The molecule has 3 nitrogen and oxygen atoms in total. The van der Waals surface area contributed by atoms with E-state index >= 15 is 0 Å². The molecule has 0 unspecified atom stereocenters. The van der Waals surface area contributed by atoms with Gasteiger partial charge in [0.1, 0.15) is 5.82 Å². The molecule has 1 aromatic carbocycles. The van der Waals surface area contributed by atoms with Crippen LogP contribution in [0.1, 0.15) is 5.56 Å². The zero-order valence-electron chi connectivity index (χ0n) is 11.0. The Morgan fingerprint density at radius 3 is 2.85 bits per heavy atom. The van der Waals surface area contributed by atoms with Crippen LogP contribution in [0.25, 0.3) is 11.3 Å². The summed E-state index contributed by atoms with van der Waals surface area (Å²) in [6.07, 6.45) is 0. The van der Waals surface area contributed by atoms with Gasteiger partial charge in [0.15, 0.2) is 5.13 Å². The van der Waals surface area contributed by atoms with Crippen LogP contribution < -0.4 is 4.90 Å². The SMILES string of the molecule is Cc1c(-c2csc(N3CCOCC3)n2)ccc(F)c1Cl. The summed E-state index contributed by atoms with van der Waals surface area (Å²) in [5.74, 6) is -0.392. The number of thiazole rings is 1. The van der Waals surface area contributed by atoms with Crippen LogP contribution in [0.15, 0.2) is 17.5 Å². The van der Waals surface area contributed by atoms with E-state index in [0.29, 0.717) is 0 Å². The van der Waals surface area contributed by atoms with Crippen LogP contribution in [0.2, 0.25) is 5.02 Å². The van der Waals surface area contributed by atoms with Crippen LogP contribution in [0, 0.1) is 12.7 Å². The Bertz CT molecular complexity index is 626. The number of ether oxygens (including phenoxy) is 1. The normalized spacial score (nSPS) is 15.7. The van der Waals surface area contributed by atoms with Gasteiger partial charge in [-0.25, -0.2) is 9.37 Å². The fourth-order valence-electron chi connectivity index (χ4n) is 2.22. The molecule has 0 amide bonds. The lowest BCUT2D eigenvalue weighted by molar-refractivity contribution is 0.122. The monoisotopic (exact) mass is 312 g/mol. The first-order valence-electron chi connectivity index (χ1n) is 6.40. The minimum atomic E-state index is -0.392. The molecule has 1 aromatic heterocycles. The molecule has 1 saturated heterocycles. The number of morpholine rings is 1. The van der Waals surface area contributed by atoms with E-state index in [1.54, 1.807) is 17.4 Å². The van der Waals surface area contributed by atoms with Gasteiger partial charge in [0, 0.05) is 24.0 Å². The molecule has 0 aliphatic carbocycles. The number of hydrogen-bond acceptors (Lipinski definition) is 4. The lowest BCUT2D eigenvalue weighted by atomic mass is 10.1. The van der Waals surface area contributed by atoms with Crippen molar-refractivity contribution >= 4 is 28.1 Å². The summed E-state index contributed by atoms with van der Waals surface area (Å²) in [7, 11) is 0. The van der Waals surface area contributed by atoms with E-state index in [-0.39, 0.29) is 5.02 Å². The first-order valence-corrected chi connectivity index (χ1v) is 7.66. The lowest BCUT2D eigenvalue weighted by Gasteiger charge is -2.26. The maximum atomic E-state index is 13.4. The van der Waals surface area contributed by atoms with E-state index in [1.165, 1.54) is 6.07 Å². The maximum absolute atomic E-state index is 13.4. The van der Waals surface area contributed by atoms with Crippen LogP contribution in [-0.4, -0.2) is 31.3 Å². The van der Waals surface area contributed by atoms with E-state index in [9.17, 15) is 4.39 Å². The van der Waals surface area contributed by atoms with Crippen molar-refractivity contribution in [3.63, 3.8) is 0 Å². The van der Waals surface area contributed by atoms with E-state index in [4.69, 9.17) is 16.3 Å². The van der Waals surface area contributed by atoms with Gasteiger partial charge < -0.3 is 9.64 Å². The third-order valence-electron chi connectivity index (χ3n) is 3.39. The number of hydrogen-bond donors (Lipinski definition) is 0. The molecule has 0 saturated carbocycles. The minimum Gasteiger partial charge on any atom is -0.378 e. The zero-order valence-corrected chi connectivity index (χ0v) is 12.6. The zero-order chi connectivity index (χ0) is 14.1. The van der Waals surface area contributed by atoms with Gasteiger partial charge in [-0.15, -0.1) is 11.3 Å². The maximum Gasteiger partial charge on any atom is 0.186 e. The minimum absolute atomic E-state index is 0.170. The molecule has 1 fully saturated rings. The third kappa shape index (κ3) is 2.53. The molecule has 0 atom stereocenters. The topological polar surface area (TPSA) is 25.4 Å². The van der Waals surface area contributed by atoms with Crippen molar-refractivity contribution in [1.29, 1.82) is 0 Å². The van der Waals surface area contributed by atoms with Crippen molar-refractivity contribution in [2.24, 2.45) is 0 Å². The number of nitrogens with zero attached hydrogens (tertiary/aromatic N) is 2. The number of rotatable bonds is 2. The average Bonchev–Trinajstić information content (AvgIpc) is 2.95. The fraction of sp³-hybridized carbons (Fsp3) is 0.357. The van der Waals surface area contributed by atoms with Gasteiger partial charge in [0.2, 0.25) is 0 Å². The third-order valence-corrected chi connectivity index (χ3v) is 4.75. The van der Waals surface area contributed by atoms with Crippen LogP contribution >= 0.6 is 22.9 Å². The molecule has 20 heavy (non-hydrogen) atoms. The average molecular weight is 313 g/mol. The van der Waals surface area contributed by atoms with Gasteiger partial charge in [0.05, 0.1) is 23.9 Å². The highest BCUT2D eigenvalue weighted by molar-refractivity contribution is 7.14. The van der Waals surface area contributed by atoms with Crippen molar-refractivity contribution < 1.29 is 9.13 Å². The quantitative estimate of drug-likeness (QED) is 0.844. The second-order valence-corrected chi connectivity index (χ2v) is 5.86. The summed E-state index contributed by atoms with van der Waals surface area (Å²) in [5.41, 5.74) is 2.45. The van der Waals surface area contributed by atoms with Crippen molar-refractivity contribution in [2.75, 3.05) is 31.2 Å². The Morgan fingerprint density at radius 1 is 1.35 bits per heavy atom. The smallest absolute Gasteiger partial charge is 0.186 e. The van der Waals surface area contributed by atoms with Crippen molar-refractivity contribution in [1.82, 2.24) is 4.98 Å². The molecule has 0 radical (unpaired) electrons. The molecule has 0 N–H and O–H groups in total. The Kier molecular flexibility index (Phi) is 3.92. The molecular weight excluding hydrogens is 299 g/mol. The molecule has 6 heteroatoms. The molecule has 2 aromatic rings. The van der Waals surface area contributed by atoms with Gasteiger partial charge in [-0.3, -0.25) is 0 Å². The summed E-state index contributed by atoms with van der Waals surface area (Å²) in [5, 5.41) is 3.13. The number of anilines is 1. The lowest BCUT2D eigenvalue weighted by Crippen LogP contribution is -2.36. The van der Waals surface area contributed by atoms with Gasteiger partial charge in [-0.05, 0) is 24.6 Å². The molecule has 3 rings (SSSR count). The first-order chi connectivity index (χ1) is 9.66. The summed E-state index contributed by atoms with van der Waals surface area (Å²) in [4.78, 5) is 6.85. The summed E-state index contributed by atoms with van der Waals surface area (Å²) in [6, 6.07) is 3.12. The van der Waals surface area contributed by atoms with Crippen molar-refractivity contribution in [3.8, 4) is 11.3 Å². The number of aromatic nitrogens is 1. The molecule has 0 bridgehead atoms. The van der Waals surface area contributed by atoms with E-state index in [1.807, 2.05) is 12.3 Å². The first kappa shape index (κ1) is 13.8. The highest BCUT2D eigenvalue weighted by Gasteiger charge is 2.17. The van der Waals surface area contributed by atoms with E-state index < -0.39 is 5.82 Å². The van der Waals surface area contributed by atoms with E-state index in [0.717, 1.165) is 48.3 Å².